The van der Waals surface area contributed by atoms with Crippen molar-refractivity contribution >= 4 is 17.5 Å². The number of Topliss-reactive ketones (excluding diaryl/α,β-unsaturated/α-hetero) is 1. The Morgan fingerprint density at radius 3 is 2.49 bits per heavy atom. The maximum atomic E-state index is 13.5. The van der Waals surface area contributed by atoms with Gasteiger partial charge in [0.2, 0.25) is 0 Å². The molecule has 0 fully saturated rings. The van der Waals surface area contributed by atoms with Gasteiger partial charge in [-0.2, -0.15) is 13.2 Å². The van der Waals surface area contributed by atoms with E-state index in [9.17, 15) is 18.0 Å². The first-order valence-electron chi connectivity index (χ1n) is 11.2. The molecule has 1 aliphatic heterocycles. The number of hydrogen-bond acceptors (Lipinski definition) is 7. The van der Waals surface area contributed by atoms with Gasteiger partial charge in [-0.05, 0) is 60.7 Å². The first-order chi connectivity index (χ1) is 17.8. The molecule has 7 nitrogen and oxygen atoms in total. The molecule has 0 N–H and O–H groups in total. The zero-order chi connectivity index (χ0) is 26.0. The lowest BCUT2D eigenvalue weighted by Crippen LogP contribution is -2.16. The Kier molecular flexibility index (Phi) is 6.79. The normalized spacial score (nSPS) is 12.9. The maximum Gasteiger partial charge on any atom is 0.416 e. The predicted octanol–water partition coefficient (Wildman–Crippen LogP) is 5.71. The number of rotatable bonds is 7. The number of benzene rings is 3. The summed E-state index contributed by atoms with van der Waals surface area (Å²) in [6, 6.07) is 16.8. The van der Waals surface area contributed by atoms with Gasteiger partial charge in [0.25, 0.3) is 0 Å². The summed E-state index contributed by atoms with van der Waals surface area (Å²) in [7, 11) is 1.54. The number of nitrogens with zero attached hydrogens (tertiary/aromatic N) is 3. The summed E-state index contributed by atoms with van der Waals surface area (Å²) >= 11 is 1.08. The zero-order valence-electron chi connectivity index (χ0n) is 19.5. The molecule has 0 atom stereocenters. The Labute approximate surface area is 214 Å². The van der Waals surface area contributed by atoms with Crippen molar-refractivity contribution in [3.05, 3.63) is 77.9 Å². The molecule has 0 saturated heterocycles. The Hall–Kier alpha value is -3.99. The second kappa shape index (κ2) is 10.2. The van der Waals surface area contributed by atoms with Crippen LogP contribution in [0, 0.1) is 0 Å². The lowest BCUT2D eigenvalue weighted by Gasteiger charge is -2.18. The Morgan fingerprint density at radius 2 is 1.76 bits per heavy atom. The third kappa shape index (κ3) is 5.26. The fourth-order valence-electron chi connectivity index (χ4n) is 3.77. The Morgan fingerprint density at radius 1 is 1.00 bits per heavy atom. The van der Waals surface area contributed by atoms with E-state index >= 15 is 0 Å². The summed E-state index contributed by atoms with van der Waals surface area (Å²) in [5.41, 5.74) is 0.468. The number of carbonyl (C=O) groups is 1. The van der Waals surface area contributed by atoms with E-state index in [4.69, 9.17) is 14.2 Å². The Bertz CT molecular complexity index is 1440. The molecule has 2 heterocycles. The topological polar surface area (TPSA) is 75.5 Å². The van der Waals surface area contributed by atoms with Crippen molar-refractivity contribution in [2.75, 3.05) is 26.1 Å². The van der Waals surface area contributed by atoms with Gasteiger partial charge in [0, 0.05) is 11.1 Å². The average Bonchev–Trinajstić information content (AvgIpc) is 3.35. The molecule has 37 heavy (non-hydrogen) atoms. The molecule has 1 aromatic heterocycles. The second-order valence-electron chi connectivity index (χ2n) is 7.99. The number of carbonyl (C=O) groups excluding carboxylic acids is 1. The van der Waals surface area contributed by atoms with Crippen molar-refractivity contribution in [2.45, 2.75) is 11.3 Å². The van der Waals surface area contributed by atoms with Gasteiger partial charge in [-0.1, -0.05) is 17.8 Å². The van der Waals surface area contributed by atoms with Crippen molar-refractivity contribution in [1.82, 2.24) is 14.8 Å². The second-order valence-corrected chi connectivity index (χ2v) is 8.93. The summed E-state index contributed by atoms with van der Waals surface area (Å²) in [6.07, 6.45) is -4.52. The van der Waals surface area contributed by atoms with Crippen LogP contribution in [0.1, 0.15) is 15.9 Å². The molecular weight excluding hydrogens is 507 g/mol. The van der Waals surface area contributed by atoms with Crippen molar-refractivity contribution < 1.29 is 32.2 Å². The van der Waals surface area contributed by atoms with Gasteiger partial charge in [0.05, 0.1) is 24.1 Å². The van der Waals surface area contributed by atoms with Crippen molar-refractivity contribution in [1.29, 1.82) is 0 Å². The van der Waals surface area contributed by atoms with Crippen LogP contribution in [0.4, 0.5) is 13.2 Å². The number of ketones is 1. The molecule has 0 aliphatic carbocycles. The van der Waals surface area contributed by atoms with Gasteiger partial charge in [-0.15, -0.1) is 10.2 Å². The Balaban J connectivity index is 1.48. The van der Waals surface area contributed by atoms with E-state index in [2.05, 4.69) is 10.2 Å². The first-order valence-corrected chi connectivity index (χ1v) is 12.1. The number of thioether (sulfide) groups is 1. The monoisotopic (exact) mass is 527 g/mol. The first kappa shape index (κ1) is 24.7. The van der Waals surface area contributed by atoms with E-state index in [-0.39, 0.29) is 22.4 Å². The number of halogens is 3. The van der Waals surface area contributed by atoms with Crippen LogP contribution in [0.3, 0.4) is 0 Å². The average molecular weight is 528 g/mol. The molecule has 4 aromatic rings. The number of fused-ring (bicyclic) bond motifs is 1. The molecule has 0 unspecified atom stereocenters. The zero-order valence-corrected chi connectivity index (χ0v) is 20.3. The molecule has 0 radical (unpaired) electrons. The third-order valence-corrected chi connectivity index (χ3v) is 6.54. The van der Waals surface area contributed by atoms with Gasteiger partial charge in [0.1, 0.15) is 19.0 Å². The van der Waals surface area contributed by atoms with E-state index in [1.165, 1.54) is 17.7 Å². The van der Waals surface area contributed by atoms with Gasteiger partial charge < -0.3 is 14.2 Å². The SMILES string of the molecule is COc1ccc(-c2nnc(SCC(=O)c3ccc4c(c3)OCCO4)n2-c2cccc(C(F)(F)F)c2)cc1. The molecule has 1 aliphatic rings. The number of hydrogen-bond donors (Lipinski definition) is 0. The minimum absolute atomic E-state index is 0.0145. The smallest absolute Gasteiger partial charge is 0.416 e. The molecule has 190 valence electrons. The van der Waals surface area contributed by atoms with Gasteiger partial charge >= 0.3 is 6.18 Å². The van der Waals surface area contributed by atoms with Crippen LogP contribution in [0.2, 0.25) is 0 Å². The molecule has 0 spiro atoms. The fourth-order valence-corrected chi connectivity index (χ4v) is 4.62. The fraction of sp³-hybridized carbons (Fsp3) is 0.192. The summed E-state index contributed by atoms with van der Waals surface area (Å²) in [6.45, 7) is 0.839. The van der Waals surface area contributed by atoms with E-state index in [0.29, 0.717) is 47.4 Å². The maximum absolute atomic E-state index is 13.5. The molecular formula is C26H20F3N3O4S. The number of aromatic nitrogens is 3. The van der Waals surface area contributed by atoms with E-state index in [1.54, 1.807) is 48.5 Å². The van der Waals surface area contributed by atoms with Crippen LogP contribution < -0.4 is 14.2 Å². The highest BCUT2D eigenvalue weighted by atomic mass is 32.2. The summed E-state index contributed by atoms with van der Waals surface area (Å²) in [5, 5.41) is 8.72. The van der Waals surface area contributed by atoms with Crippen LogP contribution >= 0.6 is 11.8 Å². The van der Waals surface area contributed by atoms with Gasteiger partial charge in [-0.3, -0.25) is 9.36 Å². The lowest BCUT2D eigenvalue weighted by molar-refractivity contribution is -0.137. The van der Waals surface area contributed by atoms with E-state index in [1.807, 2.05) is 0 Å². The highest BCUT2D eigenvalue weighted by Gasteiger charge is 2.31. The van der Waals surface area contributed by atoms with Crippen molar-refractivity contribution in [3.8, 4) is 34.3 Å². The number of alkyl halides is 3. The molecule has 5 rings (SSSR count). The molecule has 11 heteroatoms. The summed E-state index contributed by atoms with van der Waals surface area (Å²) in [5.74, 6) is 1.80. The van der Waals surface area contributed by atoms with Crippen molar-refractivity contribution in [3.63, 3.8) is 0 Å². The molecule has 0 amide bonds. The summed E-state index contributed by atoms with van der Waals surface area (Å²) in [4.78, 5) is 12.9. The quantitative estimate of drug-likeness (QED) is 0.225. The van der Waals surface area contributed by atoms with Crippen LogP contribution in [0.25, 0.3) is 17.1 Å². The van der Waals surface area contributed by atoms with Crippen LogP contribution in [-0.2, 0) is 6.18 Å². The standard InChI is InChI=1S/C26H20F3N3O4S/c1-34-20-8-5-16(6-9-20)24-30-31-25(32(24)19-4-2-3-18(14-19)26(27,28)29)37-15-21(33)17-7-10-22-23(13-17)36-12-11-35-22/h2-10,13-14H,11-12,15H2,1H3. The van der Waals surface area contributed by atoms with Crippen molar-refractivity contribution in [2.24, 2.45) is 0 Å². The van der Waals surface area contributed by atoms with E-state index < -0.39 is 11.7 Å². The molecule has 3 aromatic carbocycles. The van der Waals surface area contributed by atoms with Gasteiger partial charge in [-0.25, -0.2) is 0 Å². The molecule has 0 bridgehead atoms. The van der Waals surface area contributed by atoms with Crippen LogP contribution in [-0.4, -0.2) is 46.6 Å². The predicted molar refractivity (Wildman–Crippen MR) is 131 cm³/mol. The van der Waals surface area contributed by atoms with Crippen LogP contribution in [0.15, 0.2) is 71.9 Å². The summed E-state index contributed by atoms with van der Waals surface area (Å²) < 4.78 is 58.1. The third-order valence-electron chi connectivity index (χ3n) is 5.61. The largest absolute Gasteiger partial charge is 0.497 e. The van der Waals surface area contributed by atoms with E-state index in [0.717, 1.165) is 23.9 Å². The highest BCUT2D eigenvalue weighted by molar-refractivity contribution is 7.99. The minimum atomic E-state index is -4.52. The highest BCUT2D eigenvalue weighted by Crippen LogP contribution is 2.35. The lowest BCUT2D eigenvalue weighted by atomic mass is 10.1. The number of methoxy groups -OCH3 is 1. The number of ether oxygens (including phenoxy) is 3. The minimum Gasteiger partial charge on any atom is -0.497 e. The molecule has 0 saturated carbocycles. The van der Waals surface area contributed by atoms with Gasteiger partial charge in [0.15, 0.2) is 28.3 Å². The van der Waals surface area contributed by atoms with Crippen LogP contribution in [0.5, 0.6) is 17.2 Å².